The molecule has 12 heteroatoms. The van der Waals surface area contributed by atoms with Crippen LogP contribution in [-0.2, 0) is 31.9 Å². The van der Waals surface area contributed by atoms with Crippen molar-refractivity contribution < 1.29 is 24.2 Å². The van der Waals surface area contributed by atoms with Crippen LogP contribution in [0, 0.1) is 12.3 Å². The molecule has 0 saturated carbocycles. The second kappa shape index (κ2) is 13.2. The van der Waals surface area contributed by atoms with Gasteiger partial charge in [0.15, 0.2) is 5.60 Å². The average molecular weight is 616 g/mol. The van der Waals surface area contributed by atoms with E-state index in [-0.39, 0.29) is 31.0 Å². The van der Waals surface area contributed by atoms with Gasteiger partial charge in [0.2, 0.25) is 5.28 Å². The Morgan fingerprint density at radius 3 is 2.24 bits per heavy atom. The van der Waals surface area contributed by atoms with Gasteiger partial charge in [-0.2, -0.15) is 4.98 Å². The summed E-state index contributed by atoms with van der Waals surface area (Å²) in [4.78, 5) is 30.7. The number of esters is 1. The van der Waals surface area contributed by atoms with Crippen molar-refractivity contribution in [2.45, 2.75) is 37.5 Å². The van der Waals surface area contributed by atoms with Gasteiger partial charge in [0.25, 0.3) is 0 Å². The number of ether oxygens (including phenoxy) is 2. The van der Waals surface area contributed by atoms with Gasteiger partial charge in [-0.15, -0.1) is 6.42 Å². The smallest absolute Gasteiger partial charge is 0.310 e. The lowest BCUT2D eigenvalue weighted by Gasteiger charge is -2.24. The summed E-state index contributed by atoms with van der Waals surface area (Å²) in [6.45, 7) is -0.0382. The van der Waals surface area contributed by atoms with E-state index in [0.717, 1.165) is 11.1 Å². The summed E-state index contributed by atoms with van der Waals surface area (Å²) in [5.41, 5.74) is 7.03. The number of nitrogens with zero attached hydrogens (tertiary/aromatic N) is 3. The number of carbonyl (C=O) groups is 2. The predicted octanol–water partition coefficient (Wildman–Crippen LogP) is 5.75. The van der Waals surface area contributed by atoms with Crippen LogP contribution in [0.4, 0.5) is 5.82 Å². The number of nitrogen functional groups attached to an aromatic ring is 1. The van der Waals surface area contributed by atoms with Gasteiger partial charge in [-0.3, -0.25) is 9.59 Å². The molecule has 41 heavy (non-hydrogen) atoms. The number of halogens is 3. The molecular weight excluding hydrogens is 591 g/mol. The molecule has 2 atom stereocenters. The topological polar surface area (TPSA) is 130 Å². The van der Waals surface area contributed by atoms with Crippen molar-refractivity contribution in [1.29, 1.82) is 0 Å². The summed E-state index contributed by atoms with van der Waals surface area (Å²) in [5, 5.41) is 10.4. The van der Waals surface area contributed by atoms with Crippen LogP contribution in [0.15, 0.2) is 60.8 Å². The fourth-order valence-corrected chi connectivity index (χ4v) is 4.66. The maximum absolute atomic E-state index is 12.2. The van der Waals surface area contributed by atoms with E-state index in [1.807, 2.05) is 4.57 Å². The number of nitrogens with two attached hydrogens (primary N) is 1. The number of terminal acetylenes is 1. The Balaban J connectivity index is 0.000000296. The van der Waals surface area contributed by atoms with Gasteiger partial charge in [0, 0.05) is 16.2 Å². The number of aliphatic carboxylic acids is 1. The molecule has 3 heterocycles. The van der Waals surface area contributed by atoms with Crippen molar-refractivity contribution in [1.82, 2.24) is 14.5 Å². The SMILES string of the molecule is C#CC1(COC(=O)Cc2ccc(Cl)cc2)CCC(n2ccc3c(N)nc(Cl)nc32)O1.O=C(O)Cc1ccc(Cl)cc1. The molecule has 1 aliphatic heterocycles. The van der Waals surface area contributed by atoms with E-state index < -0.39 is 17.5 Å². The van der Waals surface area contributed by atoms with E-state index in [1.54, 1.807) is 60.8 Å². The number of aromatic nitrogens is 3. The van der Waals surface area contributed by atoms with E-state index in [4.69, 9.17) is 61.5 Å². The number of hydrogen-bond donors (Lipinski definition) is 2. The average Bonchev–Trinajstić information content (AvgIpc) is 3.55. The lowest BCUT2D eigenvalue weighted by Crippen LogP contribution is -2.34. The molecule has 1 fully saturated rings. The lowest BCUT2D eigenvalue weighted by atomic mass is 10.0. The van der Waals surface area contributed by atoms with Crippen molar-refractivity contribution >= 4 is 63.6 Å². The van der Waals surface area contributed by atoms with Crippen molar-refractivity contribution in [3.8, 4) is 12.3 Å². The Morgan fingerprint density at radius 2 is 1.66 bits per heavy atom. The lowest BCUT2D eigenvalue weighted by molar-refractivity contribution is -0.151. The molecule has 2 aromatic carbocycles. The zero-order valence-corrected chi connectivity index (χ0v) is 23.9. The normalized spacial score (nSPS) is 17.9. The zero-order valence-electron chi connectivity index (χ0n) is 21.6. The summed E-state index contributed by atoms with van der Waals surface area (Å²) < 4.78 is 13.4. The molecule has 212 valence electrons. The highest BCUT2D eigenvalue weighted by molar-refractivity contribution is 6.30. The highest BCUT2D eigenvalue weighted by atomic mass is 35.5. The molecule has 9 nitrogen and oxygen atoms in total. The first-order valence-electron chi connectivity index (χ1n) is 12.4. The maximum Gasteiger partial charge on any atom is 0.310 e. The predicted molar refractivity (Wildman–Crippen MR) is 157 cm³/mol. The van der Waals surface area contributed by atoms with Gasteiger partial charge < -0.3 is 24.9 Å². The molecule has 0 radical (unpaired) electrons. The molecule has 0 bridgehead atoms. The fraction of sp³-hybridized carbons (Fsp3) is 0.241. The van der Waals surface area contributed by atoms with Crippen LogP contribution in [0.2, 0.25) is 15.3 Å². The number of carboxylic acids is 1. The molecule has 5 rings (SSSR count). The number of carbonyl (C=O) groups excluding carboxylic acids is 1. The van der Waals surface area contributed by atoms with E-state index in [0.29, 0.717) is 39.7 Å². The summed E-state index contributed by atoms with van der Waals surface area (Å²) in [7, 11) is 0. The second-order valence-electron chi connectivity index (χ2n) is 9.25. The van der Waals surface area contributed by atoms with Gasteiger partial charge in [-0.05, 0) is 65.9 Å². The van der Waals surface area contributed by atoms with Crippen molar-refractivity contribution in [2.75, 3.05) is 12.3 Å². The standard InChI is InChI=1S/C21H18Cl2N4O3.C8H7ClO2/c1-2-21(12-29-17(28)11-13-3-5-14(22)6-4-13)9-7-16(30-21)27-10-8-15-18(24)25-20(23)26-19(15)27;9-7-3-1-6(2-4-7)5-8(10)11/h1,3-6,8,10,16H,7,9,11-12H2,(H2,24,25,26);1-4H,5H2,(H,10,11). The van der Waals surface area contributed by atoms with Crippen LogP contribution in [0.1, 0.15) is 30.2 Å². The molecule has 0 spiro atoms. The first kappa shape index (κ1) is 30.2. The molecule has 2 unspecified atom stereocenters. The molecule has 1 saturated heterocycles. The van der Waals surface area contributed by atoms with Gasteiger partial charge >= 0.3 is 11.9 Å². The first-order valence-corrected chi connectivity index (χ1v) is 13.5. The van der Waals surface area contributed by atoms with Gasteiger partial charge in [0.1, 0.15) is 24.3 Å². The molecule has 1 aliphatic rings. The van der Waals surface area contributed by atoms with Crippen LogP contribution >= 0.6 is 34.8 Å². The minimum Gasteiger partial charge on any atom is -0.481 e. The molecule has 0 amide bonds. The third kappa shape index (κ3) is 7.90. The Labute approximate surface area is 251 Å². The zero-order chi connectivity index (χ0) is 29.6. The number of carboxylic acid groups (broad SMARTS) is 1. The molecule has 4 aromatic rings. The highest BCUT2D eigenvalue weighted by Gasteiger charge is 2.41. The molecule has 2 aromatic heterocycles. The Hall–Kier alpha value is -3.81. The Bertz CT molecular complexity index is 1590. The van der Waals surface area contributed by atoms with E-state index >= 15 is 0 Å². The third-order valence-electron chi connectivity index (χ3n) is 6.30. The van der Waals surface area contributed by atoms with E-state index in [2.05, 4.69) is 15.9 Å². The number of hydrogen-bond acceptors (Lipinski definition) is 7. The number of anilines is 1. The summed E-state index contributed by atoms with van der Waals surface area (Å²) in [6, 6.07) is 15.6. The van der Waals surface area contributed by atoms with Crippen LogP contribution in [-0.4, -0.2) is 43.8 Å². The number of fused-ring (bicyclic) bond motifs is 1. The number of rotatable bonds is 7. The Kier molecular flexibility index (Phi) is 9.73. The second-order valence-corrected chi connectivity index (χ2v) is 10.5. The largest absolute Gasteiger partial charge is 0.481 e. The monoisotopic (exact) mass is 614 g/mol. The van der Waals surface area contributed by atoms with Crippen molar-refractivity contribution in [3.63, 3.8) is 0 Å². The van der Waals surface area contributed by atoms with Crippen LogP contribution in [0.3, 0.4) is 0 Å². The third-order valence-corrected chi connectivity index (χ3v) is 6.97. The van der Waals surface area contributed by atoms with Gasteiger partial charge in [0.05, 0.1) is 18.2 Å². The van der Waals surface area contributed by atoms with E-state index in [1.165, 1.54) is 0 Å². The van der Waals surface area contributed by atoms with Gasteiger partial charge in [-0.1, -0.05) is 53.4 Å². The fourth-order valence-electron chi connectivity index (χ4n) is 4.24. The summed E-state index contributed by atoms with van der Waals surface area (Å²) in [6.07, 6.45) is 8.47. The van der Waals surface area contributed by atoms with Crippen molar-refractivity contribution in [2.24, 2.45) is 0 Å². The minimum absolute atomic E-state index is 0.0382. The van der Waals surface area contributed by atoms with Crippen LogP contribution in [0.25, 0.3) is 11.0 Å². The molecular formula is C29H25Cl3N4O5. The Morgan fingerprint density at radius 1 is 1.05 bits per heavy atom. The van der Waals surface area contributed by atoms with Crippen molar-refractivity contribution in [3.05, 3.63) is 87.2 Å². The van der Waals surface area contributed by atoms with Crippen LogP contribution < -0.4 is 5.73 Å². The quantitative estimate of drug-likeness (QED) is 0.153. The van der Waals surface area contributed by atoms with E-state index in [9.17, 15) is 9.59 Å². The summed E-state index contributed by atoms with van der Waals surface area (Å²) >= 11 is 17.4. The maximum atomic E-state index is 12.2. The van der Waals surface area contributed by atoms with Gasteiger partial charge in [-0.25, -0.2) is 4.98 Å². The minimum atomic E-state index is -1.01. The van der Waals surface area contributed by atoms with Crippen LogP contribution in [0.5, 0.6) is 0 Å². The number of benzene rings is 2. The summed E-state index contributed by atoms with van der Waals surface area (Å²) in [5.74, 6) is 1.73. The molecule has 0 aliphatic carbocycles. The highest BCUT2D eigenvalue weighted by Crippen LogP contribution is 2.38. The first-order chi connectivity index (χ1) is 19.6. The molecule has 3 N–H and O–H groups in total.